The molecular formula is C27H29F2N5O5. The molecule has 1 atom stereocenters. The Morgan fingerprint density at radius 3 is 2.69 bits per heavy atom. The summed E-state index contributed by atoms with van der Waals surface area (Å²) in [6.07, 6.45) is -1.03. The third-order valence-electron chi connectivity index (χ3n) is 7.28. The minimum absolute atomic E-state index is 0.0839. The number of halogens is 2. The Morgan fingerprint density at radius 1 is 1.10 bits per heavy atom. The molecule has 2 aliphatic rings. The van der Waals surface area contributed by atoms with Crippen molar-refractivity contribution >= 4 is 10.9 Å². The minimum Gasteiger partial charge on any atom is -0.488 e. The van der Waals surface area contributed by atoms with Crippen LogP contribution in [0.4, 0.5) is 8.78 Å². The summed E-state index contributed by atoms with van der Waals surface area (Å²) in [7, 11) is 1.54. The molecule has 0 aliphatic carbocycles. The molecule has 2 saturated heterocycles. The highest BCUT2D eigenvalue weighted by molar-refractivity contribution is 5.92. The van der Waals surface area contributed by atoms with Crippen LogP contribution in [-0.2, 0) is 9.47 Å². The van der Waals surface area contributed by atoms with Gasteiger partial charge in [0.15, 0.2) is 17.3 Å². The lowest BCUT2D eigenvalue weighted by molar-refractivity contribution is -0.100. The van der Waals surface area contributed by atoms with Gasteiger partial charge in [0.1, 0.15) is 30.0 Å². The maximum atomic E-state index is 15.1. The zero-order chi connectivity index (χ0) is 26.9. The summed E-state index contributed by atoms with van der Waals surface area (Å²) in [6.45, 7) is 5.09. The predicted molar refractivity (Wildman–Crippen MR) is 137 cm³/mol. The molecule has 0 bridgehead atoms. The third kappa shape index (κ3) is 5.13. The molecule has 4 aromatic rings. The van der Waals surface area contributed by atoms with Crippen molar-refractivity contribution < 1.29 is 32.6 Å². The van der Waals surface area contributed by atoms with Crippen LogP contribution in [-0.4, -0.2) is 96.0 Å². The van der Waals surface area contributed by atoms with Gasteiger partial charge in [-0.15, -0.1) is 0 Å². The molecule has 12 heteroatoms. The highest BCUT2D eigenvalue weighted by atomic mass is 19.1. The van der Waals surface area contributed by atoms with Crippen molar-refractivity contribution in [1.82, 2.24) is 25.2 Å². The van der Waals surface area contributed by atoms with Crippen LogP contribution >= 0.6 is 0 Å². The quantitative estimate of drug-likeness (QED) is 0.309. The number of morpholine rings is 1. The molecule has 2 N–H and O–H groups in total. The Kier molecular flexibility index (Phi) is 7.28. The van der Waals surface area contributed by atoms with Crippen LogP contribution in [0.1, 0.15) is 11.8 Å². The first-order chi connectivity index (χ1) is 19.0. The number of hydrogen-bond donors (Lipinski definition) is 2. The molecule has 0 amide bonds. The van der Waals surface area contributed by atoms with Gasteiger partial charge < -0.3 is 23.8 Å². The van der Waals surface area contributed by atoms with E-state index in [4.69, 9.17) is 18.7 Å². The normalized spacial score (nSPS) is 17.9. The summed E-state index contributed by atoms with van der Waals surface area (Å²) >= 11 is 0. The number of aliphatic hydroxyl groups is 1. The van der Waals surface area contributed by atoms with E-state index in [-0.39, 0.29) is 17.9 Å². The Labute approximate surface area is 223 Å². The summed E-state index contributed by atoms with van der Waals surface area (Å²) in [5.74, 6) is -0.702. The van der Waals surface area contributed by atoms with E-state index in [1.54, 1.807) is 18.2 Å². The number of hydrogen-bond acceptors (Lipinski definition) is 9. The van der Waals surface area contributed by atoms with E-state index in [1.807, 2.05) is 4.90 Å². The van der Waals surface area contributed by atoms with Crippen LogP contribution < -0.4 is 4.74 Å². The molecule has 1 unspecified atom stereocenters. The van der Waals surface area contributed by atoms with Crippen molar-refractivity contribution in [3.63, 3.8) is 0 Å². The Balaban J connectivity index is 1.15. The summed E-state index contributed by atoms with van der Waals surface area (Å²) in [5, 5.41) is 22.4. The van der Waals surface area contributed by atoms with Crippen molar-refractivity contribution in [3.8, 4) is 28.5 Å². The lowest BCUT2D eigenvalue weighted by Crippen LogP contribution is -2.62. The number of rotatable bonds is 9. The largest absolute Gasteiger partial charge is 0.488 e. The predicted octanol–water partition coefficient (Wildman–Crippen LogP) is 3.20. The lowest BCUT2D eigenvalue weighted by atomic mass is 10.0. The Bertz CT molecular complexity index is 1450. The molecule has 2 aromatic heterocycles. The van der Waals surface area contributed by atoms with Crippen LogP contribution in [0.5, 0.6) is 5.75 Å². The molecule has 0 spiro atoms. The van der Waals surface area contributed by atoms with Crippen LogP contribution in [0.15, 0.2) is 40.9 Å². The second kappa shape index (κ2) is 11.0. The first kappa shape index (κ1) is 25.8. The number of methoxy groups -OCH3 is 1. The molecule has 10 nitrogen and oxygen atoms in total. The number of aromatic amines is 1. The summed E-state index contributed by atoms with van der Waals surface area (Å²) < 4.78 is 50.9. The molecule has 2 aliphatic heterocycles. The third-order valence-corrected chi connectivity index (χ3v) is 7.28. The summed E-state index contributed by atoms with van der Waals surface area (Å²) in [4.78, 5) is 4.20. The van der Waals surface area contributed by atoms with Gasteiger partial charge in [0.2, 0.25) is 0 Å². The van der Waals surface area contributed by atoms with Gasteiger partial charge in [0.25, 0.3) is 0 Å². The highest BCUT2D eigenvalue weighted by Crippen LogP contribution is 2.34. The second-order valence-corrected chi connectivity index (χ2v) is 9.68. The van der Waals surface area contributed by atoms with Crippen molar-refractivity contribution in [3.05, 3.63) is 53.6 Å². The fourth-order valence-corrected chi connectivity index (χ4v) is 5.03. The Hall–Kier alpha value is -3.42. The van der Waals surface area contributed by atoms with Crippen molar-refractivity contribution in [2.24, 2.45) is 0 Å². The fourth-order valence-electron chi connectivity index (χ4n) is 5.03. The summed E-state index contributed by atoms with van der Waals surface area (Å²) in [6, 6.07) is 9.38. The topological polar surface area (TPSA) is 109 Å². The molecule has 0 saturated carbocycles. The number of ether oxygens (including phenoxy) is 3. The zero-order valence-corrected chi connectivity index (χ0v) is 21.4. The standard InChI is InChI=1S/C27H29F2N5O5/c1-36-8-9-38-24-13-23-19(11-21(24)29)26(31-30-23)25-12-22(32-39-25)16-2-3-18(20(28)10-16)27(35)34-14-17(15-34)33-4-6-37-7-5-33/h2-3,10-13,17,27,35H,4-9,14-15H2,1H3,(H,30,31). The lowest BCUT2D eigenvalue weighted by Gasteiger charge is -2.48. The number of nitrogens with one attached hydrogen (secondary N) is 1. The van der Waals surface area contributed by atoms with Gasteiger partial charge >= 0.3 is 0 Å². The van der Waals surface area contributed by atoms with E-state index in [0.717, 1.165) is 26.3 Å². The number of aromatic nitrogens is 3. The van der Waals surface area contributed by atoms with Gasteiger partial charge in [-0.2, -0.15) is 5.10 Å². The van der Waals surface area contributed by atoms with E-state index < -0.39 is 17.9 Å². The first-order valence-electron chi connectivity index (χ1n) is 12.8. The maximum absolute atomic E-state index is 15.1. The number of benzene rings is 2. The average molecular weight is 542 g/mol. The number of H-pyrrole nitrogens is 1. The molecule has 206 valence electrons. The first-order valence-corrected chi connectivity index (χ1v) is 12.8. The Morgan fingerprint density at radius 2 is 1.92 bits per heavy atom. The van der Waals surface area contributed by atoms with Crippen LogP contribution in [0.3, 0.4) is 0 Å². The van der Waals surface area contributed by atoms with Gasteiger partial charge in [-0.05, 0) is 12.1 Å². The number of aliphatic hydroxyl groups excluding tert-OH is 1. The van der Waals surface area contributed by atoms with E-state index >= 15 is 4.39 Å². The van der Waals surface area contributed by atoms with Crippen molar-refractivity contribution in [2.75, 3.05) is 59.7 Å². The summed E-state index contributed by atoms with van der Waals surface area (Å²) in [5.41, 5.74) is 2.00. The van der Waals surface area contributed by atoms with Gasteiger partial charge in [-0.1, -0.05) is 17.3 Å². The van der Waals surface area contributed by atoms with Gasteiger partial charge in [-0.25, -0.2) is 8.78 Å². The van der Waals surface area contributed by atoms with Crippen LogP contribution in [0.25, 0.3) is 33.6 Å². The highest BCUT2D eigenvalue weighted by Gasteiger charge is 2.37. The average Bonchev–Trinajstić information content (AvgIpc) is 3.56. The molecular weight excluding hydrogens is 512 g/mol. The van der Waals surface area contributed by atoms with E-state index in [2.05, 4.69) is 20.3 Å². The number of fused-ring (bicyclic) bond motifs is 1. The SMILES string of the molecule is COCCOc1cc2[nH]nc(-c3cc(-c4ccc(C(O)N5CC(N6CCOCC6)C5)c(F)c4)no3)c2cc1F. The molecule has 39 heavy (non-hydrogen) atoms. The molecule has 2 aromatic carbocycles. The van der Waals surface area contributed by atoms with Crippen LogP contribution in [0.2, 0.25) is 0 Å². The molecule has 6 rings (SSSR count). The van der Waals surface area contributed by atoms with Crippen molar-refractivity contribution in [1.29, 1.82) is 0 Å². The fraction of sp³-hybridized carbons (Fsp3) is 0.407. The minimum atomic E-state index is -1.03. The number of likely N-dealkylation sites (tertiary alicyclic amines) is 1. The smallest absolute Gasteiger partial charge is 0.188 e. The van der Waals surface area contributed by atoms with E-state index in [0.29, 0.717) is 59.4 Å². The van der Waals surface area contributed by atoms with Crippen LogP contribution in [0, 0.1) is 11.6 Å². The van der Waals surface area contributed by atoms with Crippen molar-refractivity contribution in [2.45, 2.75) is 12.3 Å². The monoisotopic (exact) mass is 541 g/mol. The van der Waals surface area contributed by atoms with E-state index in [9.17, 15) is 9.50 Å². The molecule has 2 fully saturated rings. The zero-order valence-electron chi connectivity index (χ0n) is 21.4. The maximum Gasteiger partial charge on any atom is 0.188 e. The van der Waals surface area contributed by atoms with Gasteiger partial charge in [0.05, 0.1) is 25.3 Å². The molecule has 4 heterocycles. The van der Waals surface area contributed by atoms with E-state index in [1.165, 1.54) is 25.3 Å². The molecule has 0 radical (unpaired) electrons. The van der Waals surface area contributed by atoms with Gasteiger partial charge in [0, 0.05) is 68.0 Å². The van der Waals surface area contributed by atoms with Gasteiger partial charge in [-0.3, -0.25) is 14.9 Å². The second-order valence-electron chi connectivity index (χ2n) is 9.68. The number of nitrogens with zero attached hydrogens (tertiary/aromatic N) is 4.